The number of carbonyl (C=O) groups is 2. The molecule has 27 heavy (non-hydrogen) atoms. The maximum absolute atomic E-state index is 12.5. The van der Waals surface area contributed by atoms with E-state index in [-0.39, 0.29) is 24.3 Å². The number of nitrogen functional groups attached to an aromatic ring is 1. The zero-order chi connectivity index (χ0) is 18.5. The summed E-state index contributed by atoms with van der Waals surface area (Å²) in [4.78, 5) is 28.7. The van der Waals surface area contributed by atoms with Crippen LogP contribution in [0.25, 0.3) is 0 Å². The molecule has 7 heteroatoms. The van der Waals surface area contributed by atoms with E-state index in [0.717, 1.165) is 25.9 Å². The lowest BCUT2D eigenvalue weighted by molar-refractivity contribution is 0.0877. The number of ketones is 1. The third kappa shape index (κ3) is 5.36. The van der Waals surface area contributed by atoms with Crippen molar-refractivity contribution < 1.29 is 14.3 Å². The molecule has 2 aliphatic rings. The molecule has 6 nitrogen and oxygen atoms in total. The van der Waals surface area contributed by atoms with Gasteiger partial charge in [0, 0.05) is 36.8 Å². The molecule has 1 aromatic rings. The quantitative estimate of drug-likeness (QED) is 0.620. The SMILES string of the molecule is CCC(=O)c1cc(OC(=O)N2CCC(N3CCCCC3)CC2)ccc1N.Cl. The van der Waals surface area contributed by atoms with E-state index in [1.54, 1.807) is 30.0 Å². The van der Waals surface area contributed by atoms with Crippen LogP contribution in [0.1, 0.15) is 55.8 Å². The lowest BCUT2D eigenvalue weighted by Crippen LogP contribution is -2.48. The number of hydrogen-bond donors (Lipinski definition) is 1. The average molecular weight is 396 g/mol. The minimum Gasteiger partial charge on any atom is -0.410 e. The van der Waals surface area contributed by atoms with Crippen molar-refractivity contribution in [3.63, 3.8) is 0 Å². The molecule has 2 aliphatic heterocycles. The number of rotatable bonds is 4. The Hall–Kier alpha value is -1.79. The van der Waals surface area contributed by atoms with Gasteiger partial charge in [0.1, 0.15) is 5.75 Å². The van der Waals surface area contributed by atoms with Gasteiger partial charge in [0.05, 0.1) is 0 Å². The number of Topliss-reactive ketones (excluding diaryl/α,β-unsaturated/α-hetero) is 1. The van der Waals surface area contributed by atoms with Crippen molar-refractivity contribution in [1.29, 1.82) is 0 Å². The number of carbonyl (C=O) groups excluding carboxylic acids is 2. The fourth-order valence-corrected chi connectivity index (χ4v) is 3.89. The van der Waals surface area contributed by atoms with Gasteiger partial charge in [0.2, 0.25) is 0 Å². The standard InChI is InChI=1S/C20H29N3O3.ClH/c1-2-19(24)17-14-16(6-7-18(17)21)26-20(25)23-12-8-15(9-13-23)22-10-4-3-5-11-22;/h6-7,14-15H,2-5,8-13,21H2,1H3;1H. The van der Waals surface area contributed by atoms with Crippen LogP contribution in [0.3, 0.4) is 0 Å². The van der Waals surface area contributed by atoms with Crippen molar-refractivity contribution in [2.24, 2.45) is 0 Å². The van der Waals surface area contributed by atoms with Crippen molar-refractivity contribution in [3.05, 3.63) is 23.8 Å². The highest BCUT2D eigenvalue weighted by molar-refractivity contribution is 6.01. The molecule has 150 valence electrons. The van der Waals surface area contributed by atoms with Crippen LogP contribution < -0.4 is 10.5 Å². The first-order chi connectivity index (χ1) is 12.6. The Balaban J connectivity index is 0.00000261. The number of hydrogen-bond acceptors (Lipinski definition) is 5. The number of benzene rings is 1. The van der Waals surface area contributed by atoms with E-state index in [9.17, 15) is 9.59 Å². The van der Waals surface area contributed by atoms with Gasteiger partial charge in [-0.05, 0) is 57.0 Å². The molecular formula is C20H30ClN3O3. The number of nitrogens with zero attached hydrogens (tertiary/aromatic N) is 2. The van der Waals surface area contributed by atoms with Crippen LogP contribution in [-0.2, 0) is 0 Å². The first-order valence-electron chi connectivity index (χ1n) is 9.72. The number of halogens is 1. The van der Waals surface area contributed by atoms with Crippen LogP contribution in [0, 0.1) is 0 Å². The molecule has 1 aromatic carbocycles. The van der Waals surface area contributed by atoms with E-state index in [1.807, 2.05) is 0 Å². The van der Waals surface area contributed by atoms with Crippen LogP contribution in [0.4, 0.5) is 10.5 Å². The summed E-state index contributed by atoms with van der Waals surface area (Å²) in [6.07, 6.45) is 5.93. The van der Waals surface area contributed by atoms with E-state index in [2.05, 4.69) is 4.90 Å². The van der Waals surface area contributed by atoms with Crippen LogP contribution in [0.5, 0.6) is 5.75 Å². The topological polar surface area (TPSA) is 75.9 Å². The summed E-state index contributed by atoms with van der Waals surface area (Å²) < 4.78 is 5.49. The normalized spacial score (nSPS) is 18.6. The maximum Gasteiger partial charge on any atom is 0.415 e. The van der Waals surface area contributed by atoms with Crippen molar-refractivity contribution >= 4 is 30.0 Å². The summed E-state index contributed by atoms with van der Waals surface area (Å²) in [7, 11) is 0. The molecule has 2 saturated heterocycles. The Morgan fingerprint density at radius 2 is 1.78 bits per heavy atom. The van der Waals surface area contributed by atoms with Gasteiger partial charge in [-0.15, -0.1) is 12.4 Å². The van der Waals surface area contributed by atoms with E-state index >= 15 is 0 Å². The summed E-state index contributed by atoms with van der Waals surface area (Å²) in [6.45, 7) is 5.60. The smallest absolute Gasteiger partial charge is 0.410 e. The number of ether oxygens (including phenoxy) is 1. The largest absolute Gasteiger partial charge is 0.415 e. The van der Waals surface area contributed by atoms with Crippen molar-refractivity contribution in [2.45, 2.75) is 51.5 Å². The fourth-order valence-electron chi connectivity index (χ4n) is 3.89. The van der Waals surface area contributed by atoms with Crippen molar-refractivity contribution in [2.75, 3.05) is 31.9 Å². The van der Waals surface area contributed by atoms with Gasteiger partial charge >= 0.3 is 6.09 Å². The molecular weight excluding hydrogens is 366 g/mol. The van der Waals surface area contributed by atoms with E-state index in [4.69, 9.17) is 10.5 Å². The molecule has 3 rings (SSSR count). The molecule has 0 radical (unpaired) electrons. The molecule has 0 bridgehead atoms. The lowest BCUT2D eigenvalue weighted by atomic mass is 10.0. The molecule has 2 fully saturated rings. The highest BCUT2D eigenvalue weighted by Crippen LogP contribution is 2.24. The maximum atomic E-state index is 12.5. The fraction of sp³-hybridized carbons (Fsp3) is 0.600. The predicted octanol–water partition coefficient (Wildman–Crippen LogP) is 3.73. The number of piperidine rings is 2. The number of anilines is 1. The Labute approximate surface area is 167 Å². The monoisotopic (exact) mass is 395 g/mol. The highest BCUT2D eigenvalue weighted by Gasteiger charge is 2.28. The summed E-state index contributed by atoms with van der Waals surface area (Å²) in [5, 5.41) is 0. The molecule has 0 spiro atoms. The summed E-state index contributed by atoms with van der Waals surface area (Å²) in [5.41, 5.74) is 6.68. The van der Waals surface area contributed by atoms with Crippen molar-refractivity contribution in [3.8, 4) is 5.75 Å². The minimum atomic E-state index is -0.346. The zero-order valence-electron chi connectivity index (χ0n) is 16.0. The Morgan fingerprint density at radius 1 is 1.11 bits per heavy atom. The van der Waals surface area contributed by atoms with Crippen LogP contribution in [-0.4, -0.2) is 53.9 Å². The van der Waals surface area contributed by atoms with E-state index < -0.39 is 0 Å². The molecule has 2 heterocycles. The first kappa shape index (κ1) is 21.5. The second kappa shape index (κ2) is 9.95. The van der Waals surface area contributed by atoms with Crippen molar-refractivity contribution in [1.82, 2.24) is 9.80 Å². The average Bonchev–Trinajstić information content (AvgIpc) is 2.69. The highest BCUT2D eigenvalue weighted by atomic mass is 35.5. The molecule has 0 aromatic heterocycles. The van der Waals surface area contributed by atoms with Gasteiger partial charge in [-0.1, -0.05) is 13.3 Å². The zero-order valence-corrected chi connectivity index (χ0v) is 16.8. The summed E-state index contributed by atoms with van der Waals surface area (Å²) in [5.74, 6) is 0.321. The Morgan fingerprint density at radius 3 is 2.41 bits per heavy atom. The van der Waals surface area contributed by atoms with Crippen LogP contribution >= 0.6 is 12.4 Å². The summed E-state index contributed by atoms with van der Waals surface area (Å²) in [6, 6.07) is 5.41. The molecule has 0 aliphatic carbocycles. The first-order valence-corrected chi connectivity index (χ1v) is 9.72. The van der Waals surface area contributed by atoms with Gasteiger partial charge in [-0.3, -0.25) is 4.79 Å². The van der Waals surface area contributed by atoms with Gasteiger partial charge < -0.3 is 20.3 Å². The second-order valence-corrected chi connectivity index (χ2v) is 7.21. The third-order valence-corrected chi connectivity index (χ3v) is 5.48. The molecule has 1 amide bonds. The molecule has 0 atom stereocenters. The Kier molecular flexibility index (Phi) is 7.92. The summed E-state index contributed by atoms with van der Waals surface area (Å²) >= 11 is 0. The van der Waals surface area contributed by atoms with Gasteiger partial charge in [-0.25, -0.2) is 4.79 Å². The van der Waals surface area contributed by atoms with E-state index in [1.165, 1.54) is 32.4 Å². The number of nitrogens with two attached hydrogens (primary N) is 1. The van der Waals surface area contributed by atoms with E-state index in [0.29, 0.717) is 29.5 Å². The molecule has 2 N–H and O–H groups in total. The van der Waals surface area contributed by atoms with Crippen LogP contribution in [0.2, 0.25) is 0 Å². The minimum absolute atomic E-state index is 0. The third-order valence-electron chi connectivity index (χ3n) is 5.48. The Bertz CT molecular complexity index is 654. The molecule has 0 saturated carbocycles. The van der Waals surface area contributed by atoms with Gasteiger partial charge in [0.25, 0.3) is 0 Å². The second-order valence-electron chi connectivity index (χ2n) is 7.21. The number of likely N-dealkylation sites (tertiary alicyclic amines) is 2. The molecule has 0 unspecified atom stereocenters. The van der Waals surface area contributed by atoms with Gasteiger partial charge in [-0.2, -0.15) is 0 Å². The lowest BCUT2D eigenvalue weighted by Gasteiger charge is -2.39. The van der Waals surface area contributed by atoms with Crippen LogP contribution in [0.15, 0.2) is 18.2 Å². The number of amides is 1. The predicted molar refractivity (Wildman–Crippen MR) is 109 cm³/mol. The van der Waals surface area contributed by atoms with Gasteiger partial charge in [0.15, 0.2) is 5.78 Å².